The topological polar surface area (TPSA) is 53.4 Å². The number of anilines is 2. The minimum atomic E-state index is -4.51. The van der Waals surface area contributed by atoms with Gasteiger partial charge in [0.25, 0.3) is 5.91 Å². The number of rotatable bonds is 5. The van der Waals surface area contributed by atoms with Gasteiger partial charge >= 0.3 is 6.18 Å². The van der Waals surface area contributed by atoms with Crippen molar-refractivity contribution >= 4 is 28.6 Å². The Morgan fingerprint density at radius 3 is 2.50 bits per heavy atom. The summed E-state index contributed by atoms with van der Waals surface area (Å²) in [5.41, 5.74) is 1.14. The quantitative estimate of drug-likeness (QED) is 0.603. The average Bonchev–Trinajstić information content (AvgIpc) is 3.47. The predicted molar refractivity (Wildman–Crippen MR) is 120 cm³/mol. The van der Waals surface area contributed by atoms with Crippen LogP contribution in [0.5, 0.6) is 0 Å². The number of carbonyl (C=O) groups excluding carboxylic acids is 1. The lowest BCUT2D eigenvalue weighted by Crippen LogP contribution is -2.31. The number of thiophene rings is 1. The lowest BCUT2D eigenvalue weighted by atomic mass is 10.2. The number of benzene rings is 1. The second-order valence-electron chi connectivity index (χ2n) is 8.05. The molecule has 0 bridgehead atoms. The Bertz CT molecular complexity index is 1100. The van der Waals surface area contributed by atoms with Crippen LogP contribution in [0.2, 0.25) is 0 Å². The number of nitrogens with zero attached hydrogens (tertiary/aromatic N) is 4. The lowest BCUT2D eigenvalue weighted by molar-refractivity contribution is -0.141. The molecular formula is C22H24F3N5OS. The third kappa shape index (κ3) is 4.66. The van der Waals surface area contributed by atoms with Crippen molar-refractivity contribution in [3.05, 3.63) is 53.0 Å². The fraction of sp³-hybridized carbons (Fsp3) is 0.364. The van der Waals surface area contributed by atoms with Gasteiger partial charge in [-0.15, -0.1) is 11.3 Å². The molecule has 6 nitrogen and oxygen atoms in total. The number of halogens is 3. The van der Waals surface area contributed by atoms with Gasteiger partial charge in [0, 0.05) is 37.6 Å². The minimum absolute atomic E-state index is 0.305. The monoisotopic (exact) mass is 463 g/mol. The van der Waals surface area contributed by atoms with Crippen molar-refractivity contribution < 1.29 is 18.0 Å². The molecule has 1 unspecified atom stereocenters. The van der Waals surface area contributed by atoms with E-state index in [0.29, 0.717) is 27.2 Å². The SMILES string of the molecule is CN(C)C1CCN(c2ccc(NC(=O)c3ccc(-c4cc(C(F)(F)F)nn4C)s3)cc2)C1. The summed E-state index contributed by atoms with van der Waals surface area (Å²) >= 11 is 1.12. The fourth-order valence-corrected chi connectivity index (χ4v) is 4.73. The third-order valence-corrected chi connectivity index (χ3v) is 6.74. The van der Waals surface area contributed by atoms with Crippen LogP contribution in [0.25, 0.3) is 10.6 Å². The molecule has 0 spiro atoms. The van der Waals surface area contributed by atoms with Gasteiger partial charge < -0.3 is 15.1 Å². The second-order valence-corrected chi connectivity index (χ2v) is 9.14. The second kappa shape index (κ2) is 8.59. The van der Waals surface area contributed by atoms with E-state index in [1.54, 1.807) is 12.1 Å². The van der Waals surface area contributed by atoms with E-state index in [-0.39, 0.29) is 5.91 Å². The Labute approximate surface area is 188 Å². The van der Waals surface area contributed by atoms with Gasteiger partial charge in [-0.3, -0.25) is 9.48 Å². The van der Waals surface area contributed by atoms with Crippen molar-refractivity contribution in [3.8, 4) is 10.6 Å². The molecule has 10 heteroatoms. The summed E-state index contributed by atoms with van der Waals surface area (Å²) in [6.45, 7) is 1.97. The van der Waals surface area contributed by atoms with Crippen LogP contribution >= 0.6 is 11.3 Å². The number of nitrogens with one attached hydrogen (secondary N) is 1. The molecule has 1 aromatic carbocycles. The first-order chi connectivity index (χ1) is 15.1. The molecule has 4 rings (SSSR count). The highest BCUT2D eigenvalue weighted by atomic mass is 32.1. The van der Waals surface area contributed by atoms with Gasteiger partial charge in [-0.25, -0.2) is 0 Å². The highest BCUT2D eigenvalue weighted by molar-refractivity contribution is 7.17. The van der Waals surface area contributed by atoms with E-state index < -0.39 is 11.9 Å². The molecule has 1 saturated heterocycles. The number of amides is 1. The lowest BCUT2D eigenvalue weighted by Gasteiger charge is -2.22. The average molecular weight is 464 g/mol. The number of alkyl halides is 3. The van der Waals surface area contributed by atoms with Gasteiger partial charge in [0.2, 0.25) is 0 Å². The first kappa shape index (κ1) is 22.3. The number of hydrogen-bond acceptors (Lipinski definition) is 5. The molecule has 0 saturated carbocycles. The van der Waals surface area contributed by atoms with Crippen LogP contribution in [0.4, 0.5) is 24.5 Å². The molecule has 32 heavy (non-hydrogen) atoms. The third-order valence-electron chi connectivity index (χ3n) is 5.64. The van der Waals surface area contributed by atoms with Crippen LogP contribution in [0.3, 0.4) is 0 Å². The standard InChI is InChI=1S/C22H24F3N5OS/c1-28(2)16-10-11-30(13-16)15-6-4-14(5-7-15)26-21(31)19-9-8-18(32-19)17-12-20(22(23,24)25)27-29(17)3/h4-9,12,16H,10-11,13H2,1-3H3,(H,26,31). The van der Waals surface area contributed by atoms with Crippen molar-refractivity contribution in [2.75, 3.05) is 37.4 Å². The molecule has 3 aromatic rings. The summed E-state index contributed by atoms with van der Waals surface area (Å²) in [6.07, 6.45) is -3.39. The normalized spacial score (nSPS) is 16.7. The minimum Gasteiger partial charge on any atom is -0.370 e. The van der Waals surface area contributed by atoms with Crippen LogP contribution in [-0.4, -0.2) is 53.8 Å². The molecule has 1 amide bonds. The van der Waals surface area contributed by atoms with E-state index >= 15 is 0 Å². The van der Waals surface area contributed by atoms with Crippen LogP contribution in [0, 0.1) is 0 Å². The summed E-state index contributed by atoms with van der Waals surface area (Å²) in [7, 11) is 5.63. The molecule has 1 atom stereocenters. The Morgan fingerprint density at radius 1 is 1.19 bits per heavy atom. The molecule has 3 heterocycles. The van der Waals surface area contributed by atoms with Crippen molar-refractivity contribution in [1.82, 2.24) is 14.7 Å². The summed E-state index contributed by atoms with van der Waals surface area (Å²) in [5.74, 6) is -0.305. The van der Waals surface area contributed by atoms with Gasteiger partial charge in [0.15, 0.2) is 5.69 Å². The number of carbonyl (C=O) groups is 1. The number of aromatic nitrogens is 2. The van der Waals surface area contributed by atoms with Crippen LogP contribution in [-0.2, 0) is 13.2 Å². The molecule has 2 aromatic heterocycles. The van der Waals surface area contributed by atoms with E-state index in [1.165, 1.54) is 11.7 Å². The van der Waals surface area contributed by atoms with Crippen LogP contribution < -0.4 is 10.2 Å². The van der Waals surface area contributed by atoms with E-state index in [1.807, 2.05) is 24.3 Å². The van der Waals surface area contributed by atoms with Crippen molar-refractivity contribution in [2.45, 2.75) is 18.6 Å². The summed E-state index contributed by atoms with van der Waals surface area (Å²) in [5, 5.41) is 6.38. The van der Waals surface area contributed by atoms with Gasteiger partial charge in [0.1, 0.15) is 0 Å². The molecule has 1 fully saturated rings. The highest BCUT2D eigenvalue weighted by Crippen LogP contribution is 2.34. The van der Waals surface area contributed by atoms with Crippen LogP contribution in [0.15, 0.2) is 42.5 Å². The van der Waals surface area contributed by atoms with Crippen LogP contribution in [0.1, 0.15) is 21.8 Å². The smallest absolute Gasteiger partial charge is 0.370 e. The summed E-state index contributed by atoms with van der Waals surface area (Å²) in [4.78, 5) is 18.2. The maximum Gasteiger partial charge on any atom is 0.435 e. The largest absolute Gasteiger partial charge is 0.435 e. The van der Waals surface area contributed by atoms with E-state index in [2.05, 4.69) is 34.3 Å². The Morgan fingerprint density at radius 2 is 1.91 bits per heavy atom. The van der Waals surface area contributed by atoms with Crippen molar-refractivity contribution in [1.29, 1.82) is 0 Å². The van der Waals surface area contributed by atoms with Gasteiger partial charge in [0.05, 0.1) is 15.4 Å². The number of likely N-dealkylation sites (N-methyl/N-ethyl adjacent to an activating group) is 1. The van der Waals surface area contributed by atoms with Gasteiger partial charge in [-0.1, -0.05) is 0 Å². The number of aryl methyl sites for hydroxylation is 1. The zero-order valence-corrected chi connectivity index (χ0v) is 18.8. The van der Waals surface area contributed by atoms with Crippen molar-refractivity contribution in [3.63, 3.8) is 0 Å². The summed E-state index contributed by atoms with van der Waals surface area (Å²) in [6, 6.07) is 12.5. The molecular weight excluding hydrogens is 439 g/mol. The Hall–Kier alpha value is -2.85. The van der Waals surface area contributed by atoms with Crippen molar-refractivity contribution in [2.24, 2.45) is 7.05 Å². The Kier molecular flexibility index (Phi) is 6.00. The molecule has 170 valence electrons. The predicted octanol–water partition coefficient (Wildman–Crippen LogP) is 4.56. The van der Waals surface area contributed by atoms with E-state index in [4.69, 9.17) is 0 Å². The molecule has 0 aliphatic carbocycles. The molecule has 1 N–H and O–H groups in total. The van der Waals surface area contributed by atoms with Gasteiger partial charge in [-0.2, -0.15) is 18.3 Å². The molecule has 1 aliphatic heterocycles. The maximum absolute atomic E-state index is 12.9. The Balaban J connectivity index is 1.42. The first-order valence-electron chi connectivity index (χ1n) is 10.2. The molecule has 1 aliphatic rings. The fourth-order valence-electron chi connectivity index (χ4n) is 3.78. The maximum atomic E-state index is 12.9. The zero-order valence-electron chi connectivity index (χ0n) is 18.0. The molecule has 0 radical (unpaired) electrons. The first-order valence-corrected chi connectivity index (χ1v) is 11.0. The zero-order chi connectivity index (χ0) is 23.0. The highest BCUT2D eigenvalue weighted by Gasteiger charge is 2.35. The summed E-state index contributed by atoms with van der Waals surface area (Å²) < 4.78 is 39.9. The van der Waals surface area contributed by atoms with Gasteiger partial charge in [-0.05, 0) is 63.0 Å². The van der Waals surface area contributed by atoms with E-state index in [0.717, 1.165) is 42.6 Å². The number of hydrogen-bond donors (Lipinski definition) is 1. The van der Waals surface area contributed by atoms with E-state index in [9.17, 15) is 18.0 Å².